The highest BCUT2D eigenvalue weighted by molar-refractivity contribution is 7.87. The van der Waals surface area contributed by atoms with Crippen LogP contribution in [0.1, 0.15) is 13.3 Å². The predicted molar refractivity (Wildman–Crippen MR) is 71.4 cm³/mol. The summed E-state index contributed by atoms with van der Waals surface area (Å²) in [7, 11) is -4.58. The second kappa shape index (κ2) is 5.41. The number of hydrogen-bond acceptors (Lipinski definition) is 7. The summed E-state index contributed by atoms with van der Waals surface area (Å²) in [6, 6.07) is 0. The molecule has 3 fully saturated rings. The minimum Gasteiger partial charge on any atom is -0.456 e. The van der Waals surface area contributed by atoms with Gasteiger partial charge >= 0.3 is 12.1 Å². The molecular weight excluding hydrogens is 357 g/mol. The van der Waals surface area contributed by atoms with Gasteiger partial charge in [0, 0.05) is 6.42 Å². The van der Waals surface area contributed by atoms with Crippen LogP contribution in [0.4, 0.5) is 13.2 Å². The van der Waals surface area contributed by atoms with Crippen LogP contribution in [0, 0.1) is 0 Å². The molecule has 0 N–H and O–H groups in total. The van der Waals surface area contributed by atoms with Crippen molar-refractivity contribution < 1.29 is 44.8 Å². The van der Waals surface area contributed by atoms with Crippen molar-refractivity contribution in [1.82, 2.24) is 0 Å². The van der Waals surface area contributed by atoms with Crippen molar-refractivity contribution >= 4 is 16.1 Å². The molecule has 24 heavy (non-hydrogen) atoms. The molecule has 3 rings (SSSR count). The third kappa shape index (κ3) is 2.54. The number of alkyl halides is 3. The van der Waals surface area contributed by atoms with Crippen LogP contribution in [0.2, 0.25) is 0 Å². The van der Waals surface area contributed by atoms with Crippen molar-refractivity contribution in [3.05, 3.63) is 12.2 Å². The Kier molecular flexibility index (Phi) is 3.98. The Morgan fingerprint density at radius 1 is 1.38 bits per heavy atom. The number of rotatable bonds is 5. The fraction of sp³-hybridized carbons (Fsp3) is 0.769. The van der Waals surface area contributed by atoms with Crippen LogP contribution in [0.3, 0.4) is 0 Å². The average Bonchev–Trinajstić information content (AvgIpc) is 2.96. The first-order valence-electron chi connectivity index (χ1n) is 7.06. The standard InChI is InChI=1S/C13H15F3O7S/c1-6(2)4-20-5-8(17)22-9-7-3-12(13(14,15)16)11(21-7)10(9)24(18,19)23-12/h7,9-11H,1,3-5H2,2H3. The Balaban J connectivity index is 1.74. The number of fused-ring (bicyclic) bond motifs is 1. The topological polar surface area (TPSA) is 88.1 Å². The van der Waals surface area contributed by atoms with E-state index in [0.29, 0.717) is 5.57 Å². The summed E-state index contributed by atoms with van der Waals surface area (Å²) >= 11 is 0. The summed E-state index contributed by atoms with van der Waals surface area (Å²) in [6.45, 7) is 4.87. The van der Waals surface area contributed by atoms with E-state index in [-0.39, 0.29) is 6.61 Å². The van der Waals surface area contributed by atoms with E-state index >= 15 is 0 Å². The van der Waals surface area contributed by atoms with Gasteiger partial charge in [-0.15, -0.1) is 0 Å². The summed E-state index contributed by atoms with van der Waals surface area (Å²) in [6.07, 6.45) is -9.92. The summed E-state index contributed by atoms with van der Waals surface area (Å²) in [4.78, 5) is 11.7. The first kappa shape index (κ1) is 17.6. The van der Waals surface area contributed by atoms with Gasteiger partial charge in [-0.25, -0.2) is 4.79 Å². The van der Waals surface area contributed by atoms with Crippen molar-refractivity contribution in [3.63, 3.8) is 0 Å². The Bertz CT molecular complexity index is 674. The van der Waals surface area contributed by atoms with Crippen LogP contribution in [0.15, 0.2) is 12.2 Å². The highest BCUT2D eigenvalue weighted by Gasteiger charge is 2.82. The van der Waals surface area contributed by atoms with E-state index in [9.17, 15) is 26.4 Å². The van der Waals surface area contributed by atoms with Gasteiger partial charge in [0.1, 0.15) is 18.8 Å². The molecule has 5 unspecified atom stereocenters. The molecule has 0 aromatic rings. The van der Waals surface area contributed by atoms with Crippen molar-refractivity contribution in [2.45, 2.75) is 48.7 Å². The minimum absolute atomic E-state index is 0.102. The molecule has 2 bridgehead atoms. The number of halogens is 3. The van der Waals surface area contributed by atoms with Crippen LogP contribution in [-0.2, 0) is 33.3 Å². The molecule has 0 radical (unpaired) electrons. The van der Waals surface area contributed by atoms with Crippen LogP contribution in [0.5, 0.6) is 0 Å². The van der Waals surface area contributed by atoms with Crippen LogP contribution < -0.4 is 0 Å². The van der Waals surface area contributed by atoms with E-state index in [0.717, 1.165) is 0 Å². The molecule has 0 saturated carbocycles. The second-order valence-corrected chi connectivity index (χ2v) is 7.83. The van der Waals surface area contributed by atoms with Crippen LogP contribution in [-0.4, -0.2) is 62.9 Å². The Morgan fingerprint density at radius 3 is 2.62 bits per heavy atom. The second-order valence-electron chi connectivity index (χ2n) is 6.13. The Labute approximate surface area is 135 Å². The maximum absolute atomic E-state index is 13.3. The lowest BCUT2D eigenvalue weighted by atomic mass is 9.82. The molecule has 0 aromatic heterocycles. The van der Waals surface area contributed by atoms with Crippen molar-refractivity contribution in [3.8, 4) is 0 Å². The van der Waals surface area contributed by atoms with E-state index < -0.39 is 64.5 Å². The molecule has 11 heteroatoms. The van der Waals surface area contributed by atoms with Gasteiger partial charge in [-0.2, -0.15) is 21.6 Å². The minimum atomic E-state index is -4.91. The Morgan fingerprint density at radius 2 is 2.04 bits per heavy atom. The zero-order valence-corrected chi connectivity index (χ0v) is 13.4. The number of hydrogen-bond donors (Lipinski definition) is 0. The number of esters is 1. The van der Waals surface area contributed by atoms with Gasteiger partial charge in [0.25, 0.3) is 10.1 Å². The molecular formula is C13H15F3O7S. The quantitative estimate of drug-likeness (QED) is 0.399. The van der Waals surface area contributed by atoms with Gasteiger partial charge in [-0.3, -0.25) is 4.18 Å². The molecule has 136 valence electrons. The first-order chi connectivity index (χ1) is 11.0. The van der Waals surface area contributed by atoms with Gasteiger partial charge < -0.3 is 14.2 Å². The lowest BCUT2D eigenvalue weighted by molar-refractivity contribution is -0.253. The molecule has 3 aliphatic heterocycles. The third-order valence-corrected chi connectivity index (χ3v) is 5.90. The monoisotopic (exact) mass is 372 g/mol. The van der Waals surface area contributed by atoms with Gasteiger partial charge in [0.2, 0.25) is 5.60 Å². The van der Waals surface area contributed by atoms with E-state index in [1.807, 2.05) is 0 Å². The van der Waals surface area contributed by atoms with Gasteiger partial charge in [-0.05, 0) is 6.92 Å². The average molecular weight is 372 g/mol. The van der Waals surface area contributed by atoms with E-state index in [1.54, 1.807) is 6.92 Å². The van der Waals surface area contributed by atoms with E-state index in [2.05, 4.69) is 10.8 Å². The summed E-state index contributed by atoms with van der Waals surface area (Å²) in [5.41, 5.74) is -2.23. The number of ether oxygens (including phenoxy) is 3. The highest BCUT2D eigenvalue weighted by atomic mass is 32.2. The Hall–Kier alpha value is -1.17. The zero-order chi connectivity index (χ0) is 17.9. The molecule has 0 aliphatic carbocycles. The largest absolute Gasteiger partial charge is 0.456 e. The number of carbonyl (C=O) groups is 1. The smallest absolute Gasteiger partial charge is 0.421 e. The zero-order valence-electron chi connectivity index (χ0n) is 12.5. The summed E-state index contributed by atoms with van der Waals surface area (Å²) in [5, 5.41) is -1.69. The maximum atomic E-state index is 13.3. The summed E-state index contributed by atoms with van der Waals surface area (Å²) in [5.74, 6) is -0.892. The SMILES string of the molecule is C=C(C)COCC(=O)OC1C2CC3(C(F)(F)F)OS(=O)(=O)C1C3O2. The lowest BCUT2D eigenvalue weighted by Gasteiger charge is -2.31. The predicted octanol–water partition coefficient (Wildman–Crippen LogP) is 0.692. The number of carbonyl (C=O) groups excluding carboxylic acids is 1. The molecule has 7 nitrogen and oxygen atoms in total. The van der Waals surface area contributed by atoms with Crippen molar-refractivity contribution in [2.24, 2.45) is 0 Å². The fourth-order valence-corrected chi connectivity index (χ4v) is 5.23. The fourth-order valence-electron chi connectivity index (χ4n) is 3.30. The molecule has 3 heterocycles. The van der Waals surface area contributed by atoms with Crippen molar-refractivity contribution in [1.29, 1.82) is 0 Å². The van der Waals surface area contributed by atoms with Gasteiger partial charge in [-0.1, -0.05) is 12.2 Å². The molecule has 3 saturated heterocycles. The molecule has 3 aliphatic rings. The normalized spacial score (nSPS) is 39.2. The molecule has 0 amide bonds. The highest BCUT2D eigenvalue weighted by Crippen LogP contribution is 2.59. The first-order valence-corrected chi connectivity index (χ1v) is 8.53. The van der Waals surface area contributed by atoms with Crippen LogP contribution in [0.25, 0.3) is 0 Å². The van der Waals surface area contributed by atoms with Crippen molar-refractivity contribution in [2.75, 3.05) is 13.2 Å². The van der Waals surface area contributed by atoms with Crippen LogP contribution >= 0.6 is 0 Å². The lowest BCUT2D eigenvalue weighted by Crippen LogP contribution is -2.56. The van der Waals surface area contributed by atoms with Gasteiger partial charge in [0.05, 0.1) is 12.7 Å². The maximum Gasteiger partial charge on any atom is 0.421 e. The van der Waals surface area contributed by atoms with E-state index in [4.69, 9.17) is 14.2 Å². The molecule has 0 aromatic carbocycles. The van der Waals surface area contributed by atoms with Gasteiger partial charge in [0.15, 0.2) is 5.25 Å². The third-order valence-electron chi connectivity index (χ3n) is 4.19. The van der Waals surface area contributed by atoms with E-state index in [1.165, 1.54) is 0 Å². The molecule has 5 atom stereocenters. The molecule has 0 spiro atoms. The summed E-state index contributed by atoms with van der Waals surface area (Å²) < 4.78 is 83.3.